The van der Waals surface area contributed by atoms with Gasteiger partial charge in [0, 0.05) is 19.0 Å². The number of hydrogen-bond acceptors (Lipinski definition) is 7. The van der Waals surface area contributed by atoms with E-state index in [4.69, 9.17) is 5.11 Å². The second kappa shape index (κ2) is 20.6. The summed E-state index contributed by atoms with van der Waals surface area (Å²) in [6.07, 6.45) is 9.76. The van der Waals surface area contributed by atoms with E-state index in [2.05, 4.69) is 12.2 Å². The van der Waals surface area contributed by atoms with Gasteiger partial charge in [0.25, 0.3) is 0 Å². The third kappa shape index (κ3) is 16.5. The number of allylic oxidation sites excluding steroid dienone is 2. The summed E-state index contributed by atoms with van der Waals surface area (Å²) in [5, 5.41) is 63.1. The molecule has 0 unspecified atom stereocenters. The largest absolute Gasteiger partial charge is 0.508 e. The monoisotopic (exact) mass is 549 g/mol. The number of aliphatic hydroxyl groups excluding tert-OH is 4. The predicted molar refractivity (Wildman–Crippen MR) is 155 cm³/mol. The highest BCUT2D eigenvalue weighted by Crippen LogP contribution is 2.26. The molecule has 1 aromatic carbocycles. The zero-order chi connectivity index (χ0) is 29.0. The Hall–Kier alpha value is -2.23. The summed E-state index contributed by atoms with van der Waals surface area (Å²) >= 11 is 0. The molecule has 4 atom stereocenters. The molecule has 0 heterocycles. The minimum Gasteiger partial charge on any atom is -0.508 e. The number of hydrogen-bond donors (Lipinski definition) is 7. The molecule has 1 aromatic rings. The van der Waals surface area contributed by atoms with Crippen molar-refractivity contribution in [3.63, 3.8) is 0 Å². The molecule has 1 rings (SSSR count). The first kappa shape index (κ1) is 34.8. The van der Waals surface area contributed by atoms with Crippen molar-refractivity contribution in [3.8, 4) is 5.75 Å². The number of phenols is 1. The Kier molecular flexibility index (Phi) is 18.4. The summed E-state index contributed by atoms with van der Waals surface area (Å²) < 4.78 is 0. The number of carboxylic acid groups (broad SMARTS) is 1. The Balaban J connectivity index is 3.36. The van der Waals surface area contributed by atoms with Crippen LogP contribution < -0.4 is 5.32 Å². The van der Waals surface area contributed by atoms with Crippen LogP contribution in [-0.2, 0) is 11.2 Å². The van der Waals surface area contributed by atoms with E-state index in [1.807, 2.05) is 12.1 Å². The van der Waals surface area contributed by atoms with Gasteiger partial charge < -0.3 is 36.0 Å². The van der Waals surface area contributed by atoms with Gasteiger partial charge in [0.15, 0.2) is 0 Å². The second-order valence-corrected chi connectivity index (χ2v) is 10.5. The molecule has 222 valence electrons. The van der Waals surface area contributed by atoms with E-state index in [0.29, 0.717) is 32.2 Å². The number of carboxylic acids is 1. The van der Waals surface area contributed by atoms with E-state index >= 15 is 0 Å². The minimum absolute atomic E-state index is 0.150. The van der Waals surface area contributed by atoms with Crippen molar-refractivity contribution < 1.29 is 35.4 Å². The predicted octanol–water partition coefficient (Wildman–Crippen LogP) is 4.24. The first-order valence-electron chi connectivity index (χ1n) is 14.4. The number of benzene rings is 1. The average molecular weight is 550 g/mol. The molecular formula is C31H51NO7. The van der Waals surface area contributed by atoms with Gasteiger partial charge in [-0.2, -0.15) is 0 Å². The number of unbranched alkanes of at least 4 members (excludes halogenated alkanes) is 5. The molecule has 8 nitrogen and oxygen atoms in total. The van der Waals surface area contributed by atoms with Crippen LogP contribution in [0.4, 0.5) is 0 Å². The van der Waals surface area contributed by atoms with Crippen molar-refractivity contribution in [1.29, 1.82) is 0 Å². The van der Waals surface area contributed by atoms with Crippen LogP contribution in [0, 0.1) is 0 Å². The van der Waals surface area contributed by atoms with Crippen LogP contribution in [0.5, 0.6) is 5.75 Å². The first-order chi connectivity index (χ1) is 18.7. The van der Waals surface area contributed by atoms with Gasteiger partial charge in [0.1, 0.15) is 5.75 Å². The molecule has 0 radical (unpaired) electrons. The lowest BCUT2D eigenvalue weighted by molar-refractivity contribution is -0.137. The van der Waals surface area contributed by atoms with Gasteiger partial charge >= 0.3 is 5.97 Å². The topological polar surface area (TPSA) is 150 Å². The SMILES string of the molecule is CCCCC[C@H](O)C=CC(Cc1cccc(O)c1)=C(C[C@H](O)CO)[C@H](CCCCCCC(=O)O)NC[C@H](C)O. The summed E-state index contributed by atoms with van der Waals surface area (Å²) in [6, 6.07) is 6.76. The number of rotatable bonds is 22. The molecule has 0 aliphatic carbocycles. The standard InChI is InChI=1S/C31H51NO7/c1-3-4-7-12-26(35)17-16-25(18-24-11-10-13-27(36)19-24)29(20-28(37)22-33)30(32-21-23(2)34)14-8-5-6-9-15-31(38)39/h10-11,13,16-17,19,23,26,28,30,32-37H,3-9,12,14-15,18,20-22H2,1-2H3,(H,38,39)/t23-,26-,28-,30-/m0/s1. The van der Waals surface area contributed by atoms with Crippen LogP contribution in [0.1, 0.15) is 90.0 Å². The Morgan fingerprint density at radius 1 is 1.03 bits per heavy atom. The van der Waals surface area contributed by atoms with Crippen molar-refractivity contribution in [3.05, 3.63) is 53.1 Å². The molecule has 0 fully saturated rings. The number of phenolic OH excluding ortho intramolecular Hbond substituents is 1. The lowest BCUT2D eigenvalue weighted by Crippen LogP contribution is -2.38. The van der Waals surface area contributed by atoms with Gasteiger partial charge in [-0.3, -0.25) is 4.79 Å². The third-order valence-electron chi connectivity index (χ3n) is 6.72. The summed E-state index contributed by atoms with van der Waals surface area (Å²) in [5.41, 5.74) is 2.62. The number of nitrogens with one attached hydrogen (secondary N) is 1. The van der Waals surface area contributed by atoms with Crippen LogP contribution in [0.2, 0.25) is 0 Å². The fourth-order valence-corrected chi connectivity index (χ4v) is 4.60. The van der Waals surface area contributed by atoms with Crippen molar-refractivity contribution in [2.24, 2.45) is 0 Å². The number of aliphatic carboxylic acids is 1. The summed E-state index contributed by atoms with van der Waals surface area (Å²) in [7, 11) is 0. The van der Waals surface area contributed by atoms with Crippen molar-refractivity contribution in [1.82, 2.24) is 5.32 Å². The summed E-state index contributed by atoms with van der Waals surface area (Å²) in [4.78, 5) is 10.8. The maximum absolute atomic E-state index is 10.8. The summed E-state index contributed by atoms with van der Waals surface area (Å²) in [5.74, 6) is -0.646. The van der Waals surface area contributed by atoms with Crippen molar-refractivity contribution >= 4 is 5.97 Å². The Morgan fingerprint density at radius 3 is 2.38 bits per heavy atom. The van der Waals surface area contributed by atoms with Crippen LogP contribution in [-0.4, -0.2) is 74.1 Å². The molecule has 7 N–H and O–H groups in total. The Morgan fingerprint density at radius 2 is 1.74 bits per heavy atom. The molecule has 39 heavy (non-hydrogen) atoms. The molecule has 0 aliphatic heterocycles. The van der Waals surface area contributed by atoms with E-state index in [1.165, 1.54) is 0 Å². The molecule has 0 bridgehead atoms. The Labute approximate surface area is 234 Å². The second-order valence-electron chi connectivity index (χ2n) is 10.5. The zero-order valence-corrected chi connectivity index (χ0v) is 23.8. The van der Waals surface area contributed by atoms with E-state index in [-0.39, 0.29) is 24.6 Å². The van der Waals surface area contributed by atoms with Crippen molar-refractivity contribution in [2.75, 3.05) is 13.2 Å². The number of aromatic hydroxyl groups is 1. The maximum Gasteiger partial charge on any atom is 0.303 e. The first-order valence-corrected chi connectivity index (χ1v) is 14.4. The van der Waals surface area contributed by atoms with E-state index in [0.717, 1.165) is 55.2 Å². The van der Waals surface area contributed by atoms with E-state index in [9.17, 15) is 30.3 Å². The van der Waals surface area contributed by atoms with Gasteiger partial charge in [-0.05, 0) is 67.9 Å². The molecule has 0 saturated carbocycles. The average Bonchev–Trinajstić information content (AvgIpc) is 2.89. The molecule has 8 heteroatoms. The van der Waals surface area contributed by atoms with Crippen LogP contribution in [0.3, 0.4) is 0 Å². The highest BCUT2D eigenvalue weighted by molar-refractivity contribution is 5.66. The fraction of sp³-hybridized carbons (Fsp3) is 0.645. The zero-order valence-electron chi connectivity index (χ0n) is 23.8. The van der Waals surface area contributed by atoms with Gasteiger partial charge in [0.2, 0.25) is 0 Å². The Bertz CT molecular complexity index is 868. The smallest absolute Gasteiger partial charge is 0.303 e. The van der Waals surface area contributed by atoms with E-state index < -0.39 is 30.9 Å². The third-order valence-corrected chi connectivity index (χ3v) is 6.72. The number of aliphatic hydroxyl groups is 4. The summed E-state index contributed by atoms with van der Waals surface area (Å²) in [6.45, 7) is 3.75. The van der Waals surface area contributed by atoms with E-state index in [1.54, 1.807) is 31.2 Å². The van der Waals surface area contributed by atoms with Crippen LogP contribution in [0.25, 0.3) is 0 Å². The molecule has 0 aliphatic rings. The fourth-order valence-electron chi connectivity index (χ4n) is 4.60. The van der Waals surface area contributed by atoms with Gasteiger partial charge in [-0.1, -0.05) is 69.7 Å². The highest BCUT2D eigenvalue weighted by atomic mass is 16.4. The van der Waals surface area contributed by atoms with Gasteiger partial charge in [-0.15, -0.1) is 0 Å². The van der Waals surface area contributed by atoms with Gasteiger partial charge in [-0.25, -0.2) is 0 Å². The van der Waals surface area contributed by atoms with Crippen LogP contribution >= 0.6 is 0 Å². The van der Waals surface area contributed by atoms with Crippen LogP contribution in [0.15, 0.2) is 47.6 Å². The minimum atomic E-state index is -0.978. The van der Waals surface area contributed by atoms with Crippen molar-refractivity contribution in [2.45, 2.75) is 115 Å². The quantitative estimate of drug-likeness (QED) is 0.0838. The number of carbonyl (C=O) groups is 1. The molecule has 0 spiro atoms. The highest BCUT2D eigenvalue weighted by Gasteiger charge is 2.21. The molecule has 0 amide bonds. The molecular weight excluding hydrogens is 498 g/mol. The lowest BCUT2D eigenvalue weighted by atomic mass is 9.88. The molecule has 0 saturated heterocycles. The molecule has 0 aromatic heterocycles. The maximum atomic E-state index is 10.8. The van der Waals surface area contributed by atoms with Gasteiger partial charge in [0.05, 0.1) is 24.9 Å². The normalized spacial score (nSPS) is 15.6. The lowest BCUT2D eigenvalue weighted by Gasteiger charge is -2.27.